The van der Waals surface area contributed by atoms with E-state index < -0.39 is 43.0 Å². The van der Waals surface area contributed by atoms with Crippen molar-refractivity contribution in [2.75, 3.05) is 6.61 Å². The zero-order valence-corrected chi connectivity index (χ0v) is 19.1. The molecule has 0 aromatic carbocycles. The molecule has 7 N–H and O–H groups in total. The van der Waals surface area contributed by atoms with Crippen LogP contribution in [0.2, 0.25) is 0 Å². The summed E-state index contributed by atoms with van der Waals surface area (Å²) in [5, 5.41) is 59.8. The first kappa shape index (κ1) is 31.3. The molecule has 0 aliphatic rings. The van der Waals surface area contributed by atoms with E-state index in [1.807, 2.05) is 6.92 Å². The predicted octanol–water partition coefficient (Wildman–Crippen LogP) is -5.18. The van der Waals surface area contributed by atoms with E-state index in [4.69, 9.17) is 35.7 Å². The third-order valence-corrected chi connectivity index (χ3v) is 2.05. The predicted molar refractivity (Wildman–Crippen MR) is 71.5 cm³/mol. The third-order valence-electron chi connectivity index (χ3n) is 2.05. The van der Waals surface area contributed by atoms with Crippen molar-refractivity contribution in [3.8, 4) is 0 Å². The van der Waals surface area contributed by atoms with Crippen molar-refractivity contribution in [3.05, 3.63) is 24.3 Å². The number of allylic oxidation sites excluding steroid dienone is 3. The molecule has 4 unspecified atom stereocenters. The minimum absolute atomic E-state index is 0. The fourth-order valence-corrected chi connectivity index (χ4v) is 0.917. The van der Waals surface area contributed by atoms with Gasteiger partial charge >= 0.3 is 63.3 Å². The molecule has 0 aliphatic heterocycles. The van der Waals surface area contributed by atoms with E-state index in [0.717, 1.165) is 6.08 Å². The second-order valence-electron chi connectivity index (χ2n) is 3.74. The van der Waals surface area contributed by atoms with E-state index in [2.05, 4.69) is 0 Å². The fourth-order valence-electron chi connectivity index (χ4n) is 0.917. The summed E-state index contributed by atoms with van der Waals surface area (Å²) in [6.45, 7) is 0.983. The molecule has 0 heterocycles. The number of aliphatic hydroxyl groups excluding tert-OH is 5. The molecule has 0 bridgehead atoms. The maximum atomic E-state index is 10.1. The molecule has 11 heteroatoms. The molecule has 0 spiro atoms. The molecule has 0 aromatic rings. The van der Waals surface area contributed by atoms with Gasteiger partial charge in [-0.3, -0.25) is 0 Å². The summed E-state index contributed by atoms with van der Waals surface area (Å²) < 4.78 is 0. The van der Waals surface area contributed by atoms with E-state index >= 15 is 0 Å². The Balaban J connectivity index is -0.0000000968. The second-order valence-corrected chi connectivity index (χ2v) is 3.74. The van der Waals surface area contributed by atoms with Gasteiger partial charge in [0.1, 0.15) is 18.3 Å². The van der Waals surface area contributed by atoms with Crippen LogP contribution in [0.1, 0.15) is 8.35 Å². The van der Waals surface area contributed by atoms with Crippen LogP contribution in [-0.4, -0.2) is 78.7 Å². The van der Waals surface area contributed by atoms with Crippen molar-refractivity contribution in [1.29, 1.82) is 0 Å². The van der Waals surface area contributed by atoms with Crippen molar-refractivity contribution in [2.24, 2.45) is 0 Å². The van der Waals surface area contributed by atoms with Crippen LogP contribution in [0.5, 0.6) is 0 Å². The molecule has 0 aliphatic carbocycles. The van der Waals surface area contributed by atoms with E-state index in [0.29, 0.717) is 0 Å². The summed E-state index contributed by atoms with van der Waals surface area (Å²) in [6.07, 6.45) is -1.86. The Bertz CT molecular complexity index is 382. The summed E-state index contributed by atoms with van der Waals surface area (Å²) in [5.74, 6) is -2.64. The van der Waals surface area contributed by atoms with E-state index in [1.165, 1.54) is 6.08 Å². The summed E-state index contributed by atoms with van der Waals surface area (Å²) in [6, 6.07) is 0. The van der Waals surface area contributed by atoms with Crippen LogP contribution in [0.4, 0.5) is 0 Å². The van der Waals surface area contributed by atoms with Gasteiger partial charge in [0.15, 0.2) is 6.10 Å². The van der Waals surface area contributed by atoms with Gasteiger partial charge in [0.05, 0.1) is 6.61 Å². The number of hydrogen-bond acceptors (Lipinski definition) is 7. The Kier molecular flexibility index (Phi) is 25.6. The number of carboxylic acids is 2. The number of aliphatic hydroxyl groups is 5. The van der Waals surface area contributed by atoms with Gasteiger partial charge in [0.25, 0.3) is 0 Å². The topological polar surface area (TPSA) is 176 Å². The number of carbonyl (C=O) groups is 2. The average molecular weight is 414 g/mol. The number of hydrogen-bond donors (Lipinski definition) is 7. The number of carboxylic acid groups (broad SMARTS) is 2. The zero-order chi connectivity index (χ0) is 17.0. The molecule has 23 heavy (non-hydrogen) atoms. The molecule has 126 valence electrons. The van der Waals surface area contributed by atoms with Crippen LogP contribution < -0.4 is 51.4 Å². The van der Waals surface area contributed by atoms with Crippen molar-refractivity contribution in [3.63, 3.8) is 0 Å². The molecule has 9 nitrogen and oxygen atoms in total. The minimum atomic E-state index is -2.20. The summed E-state index contributed by atoms with van der Waals surface area (Å²) in [5.41, 5.74) is 0. The molecule has 0 saturated carbocycles. The molecule has 0 aromatic heterocycles. The van der Waals surface area contributed by atoms with E-state index in [1.54, 1.807) is 12.2 Å². The molecule has 0 rings (SSSR count). The van der Waals surface area contributed by atoms with Crippen molar-refractivity contribution < 1.29 is 118 Å². The van der Waals surface area contributed by atoms with Crippen LogP contribution in [-0.2, 0) is 29.1 Å². The van der Waals surface area contributed by atoms with Crippen molar-refractivity contribution in [2.45, 2.75) is 31.3 Å². The SMILES string of the molecule is C/C=C/C=C/C(=O)O.O=C(O)C(O)C(O)C(O)C(O)CO.[H-].[K+].[Zn]. The van der Waals surface area contributed by atoms with Crippen LogP contribution in [0.3, 0.4) is 0 Å². The van der Waals surface area contributed by atoms with E-state index in [9.17, 15) is 9.59 Å². The fraction of sp³-hybridized carbons (Fsp3) is 0.500. The molecule has 0 radical (unpaired) electrons. The van der Waals surface area contributed by atoms with Gasteiger partial charge in [-0.15, -0.1) is 0 Å². The quantitative estimate of drug-likeness (QED) is 0.122. The van der Waals surface area contributed by atoms with Crippen LogP contribution >= 0.6 is 0 Å². The van der Waals surface area contributed by atoms with Gasteiger partial charge in [-0.25, -0.2) is 9.59 Å². The molecular formula is C12H21KO9Zn. The average Bonchev–Trinajstić information content (AvgIpc) is 2.44. The molecular weight excluding hydrogens is 393 g/mol. The van der Waals surface area contributed by atoms with Gasteiger partial charge < -0.3 is 37.2 Å². The Hall–Kier alpha value is 0.480. The first-order valence-electron chi connectivity index (χ1n) is 5.77. The first-order valence-corrected chi connectivity index (χ1v) is 5.77. The minimum Gasteiger partial charge on any atom is -1.00 e. The van der Waals surface area contributed by atoms with Crippen LogP contribution in [0.25, 0.3) is 0 Å². The number of rotatable bonds is 7. The molecule has 0 saturated heterocycles. The smallest absolute Gasteiger partial charge is 1.00 e. The maximum absolute atomic E-state index is 10.1. The maximum Gasteiger partial charge on any atom is 1.00 e. The van der Waals surface area contributed by atoms with Gasteiger partial charge in [-0.05, 0) is 6.92 Å². The Labute approximate surface area is 190 Å². The zero-order valence-electron chi connectivity index (χ0n) is 14.0. The Morgan fingerprint density at radius 2 is 1.52 bits per heavy atom. The first-order chi connectivity index (χ1) is 9.68. The standard InChI is InChI=1S/C6H12O7.C6H8O2.K.Zn.H/c7-1-2(8)3(9)4(10)5(11)6(12)13;1-2-3-4-5-6(7)8;;;/h2-5,7-11H,1H2,(H,12,13);2-5H,1H3,(H,7,8);;;/q;;+1;;-1/b;3-2+,5-4+;;;. The normalized spacial score (nSPS) is 15.4. The van der Waals surface area contributed by atoms with Crippen molar-refractivity contribution in [1.82, 2.24) is 0 Å². The molecule has 0 fully saturated rings. The van der Waals surface area contributed by atoms with E-state index in [-0.39, 0.29) is 72.3 Å². The molecule has 0 amide bonds. The monoisotopic (exact) mass is 412 g/mol. The Morgan fingerprint density at radius 1 is 1.04 bits per heavy atom. The Morgan fingerprint density at radius 3 is 1.83 bits per heavy atom. The van der Waals surface area contributed by atoms with Gasteiger partial charge in [-0.1, -0.05) is 18.2 Å². The second kappa shape index (κ2) is 18.8. The van der Waals surface area contributed by atoms with Gasteiger partial charge in [0, 0.05) is 25.6 Å². The van der Waals surface area contributed by atoms with Gasteiger partial charge in [-0.2, -0.15) is 0 Å². The van der Waals surface area contributed by atoms with Crippen LogP contribution in [0, 0.1) is 0 Å². The molecule has 4 atom stereocenters. The van der Waals surface area contributed by atoms with Crippen LogP contribution in [0.15, 0.2) is 24.3 Å². The third kappa shape index (κ3) is 17.1. The summed E-state index contributed by atoms with van der Waals surface area (Å²) in [7, 11) is 0. The summed E-state index contributed by atoms with van der Waals surface area (Å²) >= 11 is 0. The van der Waals surface area contributed by atoms with Crippen molar-refractivity contribution >= 4 is 11.9 Å². The number of aliphatic carboxylic acids is 2. The van der Waals surface area contributed by atoms with Gasteiger partial charge in [0.2, 0.25) is 0 Å². The summed E-state index contributed by atoms with van der Waals surface area (Å²) in [4.78, 5) is 19.8. The largest absolute Gasteiger partial charge is 1.00 e.